The number of nitriles is 1. The number of nitrogens with zero attached hydrogens (tertiary/aromatic N) is 4. The first-order chi connectivity index (χ1) is 14.2. The highest BCUT2D eigenvalue weighted by atomic mass is 35.5. The zero-order valence-electron chi connectivity index (χ0n) is 15.5. The molecule has 0 atom stereocenters. The van der Waals surface area contributed by atoms with Crippen LogP contribution < -0.4 is 11.1 Å². The van der Waals surface area contributed by atoms with Gasteiger partial charge in [-0.1, -0.05) is 29.8 Å². The molecule has 3 rings (SSSR count). The van der Waals surface area contributed by atoms with Crippen molar-refractivity contribution in [3.05, 3.63) is 70.2 Å². The highest BCUT2D eigenvalue weighted by Gasteiger charge is 2.34. The Labute approximate surface area is 174 Å². The van der Waals surface area contributed by atoms with Gasteiger partial charge in [-0.25, -0.2) is 4.98 Å². The highest BCUT2D eigenvalue weighted by Crippen LogP contribution is 2.40. The average molecular weight is 431 g/mol. The topological polar surface area (TPSA) is 99.5 Å². The summed E-state index contributed by atoms with van der Waals surface area (Å²) in [5.74, 6) is 0.122. The Morgan fingerprint density at radius 2 is 1.83 bits per heavy atom. The summed E-state index contributed by atoms with van der Waals surface area (Å²) in [7, 11) is 0. The van der Waals surface area contributed by atoms with Gasteiger partial charge >= 0.3 is 6.18 Å². The van der Waals surface area contributed by atoms with Crippen LogP contribution in [-0.4, -0.2) is 4.98 Å². The lowest BCUT2D eigenvalue weighted by atomic mass is 10.1. The van der Waals surface area contributed by atoms with Crippen LogP contribution in [0.1, 0.15) is 16.7 Å². The summed E-state index contributed by atoms with van der Waals surface area (Å²) in [6.07, 6.45) is -4.67. The largest absolute Gasteiger partial charge is 0.418 e. The zero-order valence-corrected chi connectivity index (χ0v) is 16.3. The predicted molar refractivity (Wildman–Crippen MR) is 108 cm³/mol. The number of nitrogen functional groups attached to an aromatic ring is 1. The van der Waals surface area contributed by atoms with Crippen molar-refractivity contribution in [3.8, 4) is 6.07 Å². The first kappa shape index (κ1) is 21.1. The predicted octanol–water partition coefficient (Wildman–Crippen LogP) is 6.68. The molecule has 0 spiro atoms. The number of nitrogens with two attached hydrogens (primary N) is 1. The Morgan fingerprint density at radius 1 is 1.13 bits per heavy atom. The summed E-state index contributed by atoms with van der Waals surface area (Å²) in [6.45, 7) is 1.56. The minimum absolute atomic E-state index is 0.0325. The molecule has 0 saturated heterocycles. The lowest BCUT2D eigenvalue weighted by Gasteiger charge is -2.13. The number of benzene rings is 2. The summed E-state index contributed by atoms with van der Waals surface area (Å²) in [6, 6.07) is 14.0. The summed E-state index contributed by atoms with van der Waals surface area (Å²) in [5, 5.41) is 20.0. The van der Waals surface area contributed by atoms with Gasteiger partial charge in [0.05, 0.1) is 16.8 Å². The van der Waals surface area contributed by atoms with Crippen LogP contribution in [0, 0.1) is 18.3 Å². The molecule has 0 aliphatic carbocycles. The zero-order chi connectivity index (χ0) is 21.9. The fourth-order valence-corrected chi connectivity index (χ4v) is 2.82. The van der Waals surface area contributed by atoms with E-state index in [1.54, 1.807) is 31.2 Å². The van der Waals surface area contributed by atoms with E-state index in [1.165, 1.54) is 6.07 Å². The van der Waals surface area contributed by atoms with Gasteiger partial charge in [0.15, 0.2) is 5.82 Å². The summed E-state index contributed by atoms with van der Waals surface area (Å²) < 4.78 is 40.0. The second kappa shape index (κ2) is 8.39. The van der Waals surface area contributed by atoms with E-state index in [4.69, 9.17) is 17.3 Å². The van der Waals surface area contributed by atoms with Gasteiger partial charge in [0.1, 0.15) is 17.6 Å². The van der Waals surface area contributed by atoms with Crippen molar-refractivity contribution in [2.75, 3.05) is 11.1 Å². The van der Waals surface area contributed by atoms with Gasteiger partial charge in [-0.15, -0.1) is 10.2 Å². The Hall–Kier alpha value is -3.64. The third kappa shape index (κ3) is 4.50. The molecule has 0 fully saturated rings. The number of para-hydroxylation sites is 1. The van der Waals surface area contributed by atoms with E-state index >= 15 is 0 Å². The van der Waals surface area contributed by atoms with Crippen molar-refractivity contribution in [1.82, 2.24) is 4.98 Å². The Bertz CT molecular complexity index is 1150. The maximum Gasteiger partial charge on any atom is 0.418 e. The number of pyridine rings is 1. The fourth-order valence-electron chi connectivity index (χ4n) is 2.65. The van der Waals surface area contributed by atoms with E-state index in [-0.39, 0.29) is 27.9 Å². The molecule has 0 aliphatic heterocycles. The molecule has 152 valence electrons. The first-order valence-electron chi connectivity index (χ1n) is 8.51. The first-order valence-corrected chi connectivity index (χ1v) is 8.89. The Kier molecular flexibility index (Phi) is 5.89. The van der Waals surface area contributed by atoms with Crippen LogP contribution in [0.3, 0.4) is 0 Å². The van der Waals surface area contributed by atoms with Gasteiger partial charge in [0.2, 0.25) is 0 Å². The maximum atomic E-state index is 13.3. The fraction of sp³-hybridized carbons (Fsp3) is 0.100. The van der Waals surface area contributed by atoms with Crippen LogP contribution in [0.5, 0.6) is 0 Å². The normalized spacial score (nSPS) is 11.5. The molecule has 0 radical (unpaired) electrons. The number of nitrogens with one attached hydrogen (secondary N) is 1. The van der Waals surface area contributed by atoms with E-state index < -0.39 is 17.4 Å². The van der Waals surface area contributed by atoms with Crippen molar-refractivity contribution in [3.63, 3.8) is 0 Å². The number of aromatic nitrogens is 1. The van der Waals surface area contributed by atoms with Gasteiger partial charge < -0.3 is 11.1 Å². The second-order valence-electron chi connectivity index (χ2n) is 6.16. The van der Waals surface area contributed by atoms with E-state index in [9.17, 15) is 18.4 Å². The molecule has 10 heteroatoms. The van der Waals surface area contributed by atoms with Crippen molar-refractivity contribution in [2.45, 2.75) is 13.1 Å². The van der Waals surface area contributed by atoms with Crippen molar-refractivity contribution < 1.29 is 13.2 Å². The van der Waals surface area contributed by atoms with Crippen LogP contribution in [0.25, 0.3) is 0 Å². The van der Waals surface area contributed by atoms with E-state index in [2.05, 4.69) is 20.5 Å². The summed E-state index contributed by atoms with van der Waals surface area (Å²) in [5.41, 5.74) is 5.53. The molecule has 0 bridgehead atoms. The Morgan fingerprint density at radius 3 is 2.47 bits per heavy atom. The van der Waals surface area contributed by atoms with Crippen LogP contribution in [0.4, 0.5) is 41.9 Å². The molecule has 30 heavy (non-hydrogen) atoms. The van der Waals surface area contributed by atoms with Gasteiger partial charge in [0, 0.05) is 16.3 Å². The van der Waals surface area contributed by atoms with Crippen LogP contribution in [-0.2, 0) is 6.18 Å². The molecular weight excluding hydrogens is 417 g/mol. The summed E-state index contributed by atoms with van der Waals surface area (Å²) in [4.78, 5) is 4.14. The minimum atomic E-state index is -4.67. The number of rotatable bonds is 4. The van der Waals surface area contributed by atoms with Crippen LogP contribution >= 0.6 is 11.6 Å². The number of alkyl halides is 3. The van der Waals surface area contributed by atoms with Gasteiger partial charge in [0.25, 0.3) is 0 Å². The smallest absolute Gasteiger partial charge is 0.383 e. The monoisotopic (exact) mass is 430 g/mol. The molecule has 0 unspecified atom stereocenters. The molecule has 3 N–H and O–H groups in total. The third-order valence-corrected chi connectivity index (χ3v) is 4.35. The average Bonchev–Trinajstić information content (AvgIpc) is 2.69. The van der Waals surface area contributed by atoms with E-state index in [0.29, 0.717) is 11.3 Å². The van der Waals surface area contributed by atoms with Crippen molar-refractivity contribution >= 4 is 40.3 Å². The number of azo groups is 1. The molecule has 3 aromatic rings. The number of hydrogen-bond acceptors (Lipinski definition) is 6. The maximum absolute atomic E-state index is 13.3. The van der Waals surface area contributed by atoms with Crippen LogP contribution in [0.15, 0.2) is 58.8 Å². The molecule has 0 amide bonds. The lowest BCUT2D eigenvalue weighted by Crippen LogP contribution is -2.05. The van der Waals surface area contributed by atoms with Gasteiger partial charge in [-0.3, -0.25) is 0 Å². The van der Waals surface area contributed by atoms with E-state index in [0.717, 1.165) is 12.1 Å². The molecule has 1 aromatic heterocycles. The highest BCUT2D eigenvalue weighted by molar-refractivity contribution is 6.30. The summed E-state index contributed by atoms with van der Waals surface area (Å²) >= 11 is 5.70. The van der Waals surface area contributed by atoms with Crippen molar-refractivity contribution in [2.24, 2.45) is 10.2 Å². The lowest BCUT2D eigenvalue weighted by molar-refractivity contribution is -0.137. The molecule has 2 aromatic carbocycles. The van der Waals surface area contributed by atoms with Gasteiger partial charge in [-0.05, 0) is 37.3 Å². The molecule has 0 aliphatic rings. The van der Waals surface area contributed by atoms with Crippen molar-refractivity contribution in [1.29, 1.82) is 5.26 Å². The quantitative estimate of drug-likeness (QED) is 0.451. The number of anilines is 3. The second-order valence-corrected chi connectivity index (χ2v) is 6.59. The standard InChI is InChI=1S/C20H14ClF3N6/c1-11-14(10-25)18(26)28-19(27-13-5-3-2-4-6-13)17(11)30-29-16-8-7-12(21)9-15(16)20(22,23)24/h2-9H,1H3,(H3,26,27,28). The molecule has 0 saturated carbocycles. The molecule has 1 heterocycles. The van der Waals surface area contributed by atoms with Gasteiger partial charge in [-0.2, -0.15) is 18.4 Å². The SMILES string of the molecule is Cc1c(C#N)c(N)nc(Nc2ccccc2)c1N=Nc1ccc(Cl)cc1C(F)(F)F. The van der Waals surface area contributed by atoms with Crippen LogP contribution in [0.2, 0.25) is 5.02 Å². The molecule has 6 nitrogen and oxygen atoms in total. The third-order valence-electron chi connectivity index (χ3n) is 4.11. The number of hydrogen-bond donors (Lipinski definition) is 2. The number of halogens is 4. The molecular formula is C20H14ClF3N6. The Balaban J connectivity index is 2.13. The van der Waals surface area contributed by atoms with E-state index in [1.807, 2.05) is 12.1 Å². The minimum Gasteiger partial charge on any atom is -0.383 e.